The number of hydrogen-bond donors (Lipinski definition) is 1. The molecule has 1 saturated heterocycles. The van der Waals surface area contributed by atoms with Crippen LogP contribution in [0, 0.1) is 5.82 Å². The first-order chi connectivity index (χ1) is 16.0. The highest BCUT2D eigenvalue weighted by molar-refractivity contribution is 5.93. The topological polar surface area (TPSA) is 74.5 Å². The van der Waals surface area contributed by atoms with Gasteiger partial charge in [-0.3, -0.25) is 9.69 Å². The molecule has 0 saturated carbocycles. The zero-order chi connectivity index (χ0) is 23.2. The van der Waals surface area contributed by atoms with Gasteiger partial charge in [-0.05, 0) is 49.7 Å². The lowest BCUT2D eigenvalue weighted by atomic mass is 10.2. The predicted octanol–water partition coefficient (Wildman–Crippen LogP) is 3.77. The number of amides is 1. The Labute approximate surface area is 193 Å². The first-order valence-corrected chi connectivity index (χ1v) is 11.5. The molecule has 4 rings (SSSR count). The summed E-state index contributed by atoms with van der Waals surface area (Å²) in [6.07, 6.45) is 3.29. The average Bonchev–Trinajstić information content (AvgIpc) is 3.25. The number of aromatic nitrogens is 2. The fourth-order valence-electron chi connectivity index (χ4n) is 4.07. The Balaban J connectivity index is 1.35. The molecular formula is C25H30FN5O2. The molecule has 0 unspecified atom stereocenters. The van der Waals surface area contributed by atoms with Crippen molar-refractivity contribution in [3.05, 3.63) is 65.9 Å². The monoisotopic (exact) mass is 451 g/mol. The lowest BCUT2D eigenvalue weighted by molar-refractivity contribution is 0.0899. The summed E-state index contributed by atoms with van der Waals surface area (Å²) in [6.45, 7) is 8.41. The second kappa shape index (κ2) is 10.6. The van der Waals surface area contributed by atoms with Gasteiger partial charge in [0.25, 0.3) is 5.91 Å². The van der Waals surface area contributed by atoms with Gasteiger partial charge in [0.15, 0.2) is 0 Å². The van der Waals surface area contributed by atoms with Crippen molar-refractivity contribution in [3.8, 4) is 11.5 Å². The lowest BCUT2D eigenvalue weighted by Crippen LogP contribution is -2.51. The third kappa shape index (κ3) is 5.76. The molecule has 174 valence electrons. The van der Waals surface area contributed by atoms with Crippen LogP contribution in [0.2, 0.25) is 0 Å². The highest BCUT2D eigenvalue weighted by atomic mass is 19.1. The summed E-state index contributed by atoms with van der Waals surface area (Å²) >= 11 is 0. The number of oxazole rings is 1. The van der Waals surface area contributed by atoms with Crippen LogP contribution in [-0.2, 0) is 6.42 Å². The van der Waals surface area contributed by atoms with E-state index in [9.17, 15) is 9.18 Å². The van der Waals surface area contributed by atoms with Crippen molar-refractivity contribution >= 4 is 11.7 Å². The molecule has 1 aliphatic rings. The Morgan fingerprint density at radius 2 is 1.91 bits per heavy atom. The Morgan fingerprint density at radius 3 is 2.58 bits per heavy atom. The van der Waals surface area contributed by atoms with E-state index in [4.69, 9.17) is 4.42 Å². The quantitative estimate of drug-likeness (QED) is 0.562. The van der Waals surface area contributed by atoms with Gasteiger partial charge in [-0.15, -0.1) is 0 Å². The molecule has 1 N–H and O–H groups in total. The molecule has 1 amide bonds. The van der Waals surface area contributed by atoms with E-state index >= 15 is 0 Å². The molecule has 1 aromatic carbocycles. The molecule has 0 radical (unpaired) electrons. The number of piperazine rings is 1. The van der Waals surface area contributed by atoms with E-state index in [1.54, 1.807) is 12.1 Å². The Morgan fingerprint density at radius 1 is 1.15 bits per heavy atom. The van der Waals surface area contributed by atoms with Crippen LogP contribution >= 0.6 is 0 Å². The summed E-state index contributed by atoms with van der Waals surface area (Å²) in [5.41, 5.74) is 1.28. The van der Waals surface area contributed by atoms with E-state index in [1.165, 1.54) is 12.1 Å². The second-order valence-corrected chi connectivity index (χ2v) is 8.40. The van der Waals surface area contributed by atoms with Crippen LogP contribution in [0.1, 0.15) is 36.5 Å². The second-order valence-electron chi connectivity index (χ2n) is 8.40. The van der Waals surface area contributed by atoms with Gasteiger partial charge in [-0.2, -0.15) is 0 Å². The molecule has 8 heteroatoms. The van der Waals surface area contributed by atoms with Crippen LogP contribution in [-0.4, -0.2) is 59.5 Å². The Bertz CT molecular complexity index is 1050. The molecule has 3 heterocycles. The standard InChI is InChI=1S/C25H30FN5O2/c1-3-6-21-23(33-25(29-21)19-8-10-20(26)11-9-19)24(32)28-18(2)17-30-13-15-31(16-14-30)22-7-4-5-12-27-22/h4-5,7-12,18H,3,6,13-17H2,1-2H3,(H,28,32)/t18-/m1/s1. The fourth-order valence-corrected chi connectivity index (χ4v) is 4.07. The number of nitrogens with zero attached hydrogens (tertiary/aromatic N) is 4. The van der Waals surface area contributed by atoms with Gasteiger partial charge >= 0.3 is 0 Å². The molecule has 7 nitrogen and oxygen atoms in total. The number of hydrogen-bond acceptors (Lipinski definition) is 6. The number of carbonyl (C=O) groups excluding carboxylic acids is 1. The van der Waals surface area contributed by atoms with Crippen molar-refractivity contribution in [2.75, 3.05) is 37.6 Å². The highest BCUT2D eigenvalue weighted by Gasteiger charge is 2.24. The molecule has 3 aromatic rings. The first-order valence-electron chi connectivity index (χ1n) is 11.5. The highest BCUT2D eigenvalue weighted by Crippen LogP contribution is 2.23. The van der Waals surface area contributed by atoms with Crippen molar-refractivity contribution in [2.24, 2.45) is 0 Å². The summed E-state index contributed by atoms with van der Waals surface area (Å²) in [5.74, 6) is 0.986. The smallest absolute Gasteiger partial charge is 0.289 e. The van der Waals surface area contributed by atoms with Crippen molar-refractivity contribution in [3.63, 3.8) is 0 Å². The van der Waals surface area contributed by atoms with Gasteiger partial charge in [0.2, 0.25) is 11.7 Å². The van der Waals surface area contributed by atoms with Gasteiger partial charge in [0.1, 0.15) is 11.6 Å². The van der Waals surface area contributed by atoms with Crippen LogP contribution in [0.5, 0.6) is 0 Å². The lowest BCUT2D eigenvalue weighted by Gasteiger charge is -2.36. The Kier molecular flexibility index (Phi) is 7.34. The number of pyridine rings is 1. The van der Waals surface area contributed by atoms with Crippen LogP contribution in [0.4, 0.5) is 10.2 Å². The zero-order valence-corrected chi connectivity index (χ0v) is 19.1. The number of benzene rings is 1. The summed E-state index contributed by atoms with van der Waals surface area (Å²) in [4.78, 5) is 26.6. The van der Waals surface area contributed by atoms with Gasteiger partial charge in [0, 0.05) is 50.5 Å². The molecule has 0 bridgehead atoms. The zero-order valence-electron chi connectivity index (χ0n) is 19.1. The van der Waals surface area contributed by atoms with Crippen LogP contribution in [0.15, 0.2) is 53.1 Å². The van der Waals surface area contributed by atoms with E-state index in [0.29, 0.717) is 23.6 Å². The summed E-state index contributed by atoms with van der Waals surface area (Å²) < 4.78 is 19.1. The van der Waals surface area contributed by atoms with Crippen molar-refractivity contribution < 1.29 is 13.6 Å². The van der Waals surface area contributed by atoms with Crippen LogP contribution in [0.3, 0.4) is 0 Å². The van der Waals surface area contributed by atoms with Crippen molar-refractivity contribution in [2.45, 2.75) is 32.7 Å². The van der Waals surface area contributed by atoms with Gasteiger partial charge < -0.3 is 14.6 Å². The molecule has 2 aromatic heterocycles. The molecule has 1 fully saturated rings. The Hall–Kier alpha value is -3.26. The van der Waals surface area contributed by atoms with Crippen LogP contribution < -0.4 is 10.2 Å². The van der Waals surface area contributed by atoms with Crippen molar-refractivity contribution in [1.82, 2.24) is 20.2 Å². The summed E-state index contributed by atoms with van der Waals surface area (Å²) in [6, 6.07) is 11.8. The number of rotatable bonds is 8. The number of halogens is 1. The van der Waals surface area contributed by atoms with E-state index in [-0.39, 0.29) is 23.5 Å². The largest absolute Gasteiger partial charge is 0.431 e. The van der Waals surface area contributed by atoms with E-state index < -0.39 is 0 Å². The molecule has 0 aliphatic carbocycles. The SMILES string of the molecule is CCCc1nc(-c2ccc(F)cc2)oc1C(=O)N[C@H](C)CN1CCN(c2ccccn2)CC1. The third-order valence-electron chi connectivity index (χ3n) is 5.74. The molecule has 33 heavy (non-hydrogen) atoms. The number of carbonyl (C=O) groups is 1. The minimum Gasteiger partial charge on any atom is -0.431 e. The third-order valence-corrected chi connectivity index (χ3v) is 5.74. The van der Waals surface area contributed by atoms with Crippen LogP contribution in [0.25, 0.3) is 11.5 Å². The fraction of sp³-hybridized carbons (Fsp3) is 0.400. The molecule has 1 aliphatic heterocycles. The van der Waals surface area contributed by atoms with E-state index in [1.807, 2.05) is 38.2 Å². The number of aryl methyl sites for hydroxylation is 1. The predicted molar refractivity (Wildman–Crippen MR) is 126 cm³/mol. The molecule has 0 spiro atoms. The first kappa shape index (κ1) is 22.9. The van der Waals surface area contributed by atoms with Crippen molar-refractivity contribution in [1.29, 1.82) is 0 Å². The minimum atomic E-state index is -0.327. The van der Waals surface area contributed by atoms with E-state index in [2.05, 4.69) is 25.1 Å². The molecule has 1 atom stereocenters. The van der Waals surface area contributed by atoms with Gasteiger partial charge in [-0.1, -0.05) is 19.4 Å². The summed E-state index contributed by atoms with van der Waals surface area (Å²) in [7, 11) is 0. The maximum absolute atomic E-state index is 13.3. The number of anilines is 1. The summed E-state index contributed by atoms with van der Waals surface area (Å²) in [5, 5.41) is 3.06. The maximum Gasteiger partial charge on any atom is 0.289 e. The van der Waals surface area contributed by atoms with Gasteiger partial charge in [-0.25, -0.2) is 14.4 Å². The van der Waals surface area contributed by atoms with E-state index in [0.717, 1.165) is 45.0 Å². The minimum absolute atomic E-state index is 0.0484. The average molecular weight is 452 g/mol. The number of nitrogens with one attached hydrogen (secondary N) is 1. The normalized spacial score (nSPS) is 15.4. The van der Waals surface area contributed by atoms with Gasteiger partial charge in [0.05, 0.1) is 5.69 Å². The molecular weight excluding hydrogens is 421 g/mol. The maximum atomic E-state index is 13.3.